The van der Waals surface area contributed by atoms with Crippen molar-refractivity contribution in [2.24, 2.45) is 0 Å². The number of nitrogens with zero attached hydrogens (tertiary/aromatic N) is 5. The Bertz CT molecular complexity index is 1410. The number of anilines is 1. The zero-order valence-electron chi connectivity index (χ0n) is 18.7. The quantitative estimate of drug-likeness (QED) is 0.390. The molecule has 3 heterocycles. The fourth-order valence-corrected chi connectivity index (χ4v) is 3.37. The third kappa shape index (κ3) is 4.79. The van der Waals surface area contributed by atoms with Crippen LogP contribution in [0, 0.1) is 20.8 Å². The standard InChI is InChI=1S/C22H19F5N6O2/c1-12-4-5-17(13(2)6-12)35-11-32-10-15(9-28-32)30-20(34)16-8-19-29-14(3)7-18(33(19)31-16)21(23,24)22(25,26)27/h4-10H,11H2,1-3H3,(H,30,34). The van der Waals surface area contributed by atoms with E-state index in [1.807, 2.05) is 32.0 Å². The number of fused-ring (bicyclic) bond motifs is 1. The summed E-state index contributed by atoms with van der Waals surface area (Å²) in [6, 6.07) is 7.29. The van der Waals surface area contributed by atoms with Gasteiger partial charge in [0.2, 0.25) is 0 Å². The van der Waals surface area contributed by atoms with E-state index in [0.29, 0.717) is 16.3 Å². The molecule has 1 amide bonds. The number of carbonyl (C=O) groups excluding carboxylic acids is 1. The smallest absolute Gasteiger partial charge is 0.459 e. The van der Waals surface area contributed by atoms with E-state index in [9.17, 15) is 26.7 Å². The van der Waals surface area contributed by atoms with Gasteiger partial charge in [0.1, 0.15) is 11.4 Å². The fourth-order valence-electron chi connectivity index (χ4n) is 3.37. The molecule has 4 aromatic rings. The Morgan fingerprint density at radius 2 is 1.83 bits per heavy atom. The van der Waals surface area contributed by atoms with Crippen LogP contribution >= 0.6 is 0 Å². The number of rotatable bonds is 6. The summed E-state index contributed by atoms with van der Waals surface area (Å²) in [6.07, 6.45) is -3.07. The molecule has 0 saturated heterocycles. The molecule has 3 aromatic heterocycles. The van der Waals surface area contributed by atoms with E-state index < -0.39 is 29.4 Å². The fraction of sp³-hybridized carbons (Fsp3) is 0.273. The Morgan fingerprint density at radius 3 is 2.51 bits per heavy atom. The minimum atomic E-state index is -5.85. The van der Waals surface area contributed by atoms with Crippen molar-refractivity contribution in [3.8, 4) is 5.75 Å². The van der Waals surface area contributed by atoms with Gasteiger partial charge in [-0.25, -0.2) is 14.2 Å². The van der Waals surface area contributed by atoms with E-state index in [0.717, 1.165) is 17.2 Å². The lowest BCUT2D eigenvalue weighted by Crippen LogP contribution is -2.36. The van der Waals surface area contributed by atoms with Gasteiger partial charge in [-0.15, -0.1) is 0 Å². The summed E-state index contributed by atoms with van der Waals surface area (Å²) >= 11 is 0. The molecule has 0 unspecified atom stereocenters. The van der Waals surface area contributed by atoms with Crippen molar-refractivity contribution in [2.75, 3.05) is 5.32 Å². The molecule has 0 bridgehead atoms. The van der Waals surface area contributed by atoms with Crippen molar-refractivity contribution in [3.63, 3.8) is 0 Å². The lowest BCUT2D eigenvalue weighted by Gasteiger charge is -2.20. The van der Waals surface area contributed by atoms with Crippen LogP contribution in [0.4, 0.5) is 27.6 Å². The number of amides is 1. The maximum Gasteiger partial charge on any atom is 0.459 e. The Labute approximate surface area is 195 Å². The maximum absolute atomic E-state index is 14.0. The van der Waals surface area contributed by atoms with E-state index in [4.69, 9.17) is 4.74 Å². The highest BCUT2D eigenvalue weighted by molar-refractivity contribution is 6.03. The number of ether oxygens (including phenoxy) is 1. The van der Waals surface area contributed by atoms with Crippen molar-refractivity contribution in [1.82, 2.24) is 24.4 Å². The van der Waals surface area contributed by atoms with Crippen molar-refractivity contribution in [2.45, 2.75) is 39.6 Å². The van der Waals surface area contributed by atoms with Gasteiger partial charge in [0.05, 0.1) is 18.1 Å². The average Bonchev–Trinajstić information content (AvgIpc) is 3.38. The molecule has 184 valence electrons. The van der Waals surface area contributed by atoms with Crippen molar-refractivity contribution >= 4 is 17.2 Å². The normalized spacial score (nSPS) is 12.2. The summed E-state index contributed by atoms with van der Waals surface area (Å²) in [5.41, 5.74) is 0.00754. The van der Waals surface area contributed by atoms with Crippen LogP contribution in [-0.4, -0.2) is 36.5 Å². The number of aromatic nitrogens is 5. The Kier molecular flexibility index (Phi) is 5.95. The molecule has 1 aromatic carbocycles. The molecule has 0 radical (unpaired) electrons. The van der Waals surface area contributed by atoms with E-state index in [1.165, 1.54) is 24.0 Å². The van der Waals surface area contributed by atoms with Crippen LogP contribution in [-0.2, 0) is 12.7 Å². The molecule has 0 atom stereocenters. The average molecular weight is 494 g/mol. The first-order chi connectivity index (χ1) is 16.3. The van der Waals surface area contributed by atoms with Crippen molar-refractivity contribution in [1.29, 1.82) is 0 Å². The first kappa shape index (κ1) is 24.1. The molecular formula is C22H19F5N6O2. The van der Waals surface area contributed by atoms with Gasteiger partial charge in [-0.05, 0) is 38.5 Å². The first-order valence-electron chi connectivity index (χ1n) is 10.2. The molecule has 4 rings (SSSR count). The monoisotopic (exact) mass is 494 g/mol. The van der Waals surface area contributed by atoms with Gasteiger partial charge in [0.25, 0.3) is 5.91 Å². The van der Waals surface area contributed by atoms with Gasteiger partial charge in [0.15, 0.2) is 18.1 Å². The zero-order valence-corrected chi connectivity index (χ0v) is 18.7. The first-order valence-corrected chi connectivity index (χ1v) is 10.2. The minimum absolute atomic E-state index is 0.0488. The molecular weight excluding hydrogens is 475 g/mol. The molecule has 1 N–H and O–H groups in total. The number of hydrogen-bond acceptors (Lipinski definition) is 5. The van der Waals surface area contributed by atoms with Crippen LogP contribution in [0.2, 0.25) is 0 Å². The Balaban J connectivity index is 1.52. The zero-order chi connectivity index (χ0) is 25.5. The predicted octanol–water partition coefficient (Wildman–Crippen LogP) is 4.79. The highest BCUT2D eigenvalue weighted by atomic mass is 19.4. The molecule has 0 aliphatic carbocycles. The van der Waals surface area contributed by atoms with E-state index in [2.05, 4.69) is 20.5 Å². The van der Waals surface area contributed by atoms with Crippen LogP contribution in [0.1, 0.15) is 33.0 Å². The molecule has 35 heavy (non-hydrogen) atoms. The molecule has 0 aliphatic rings. The molecule has 8 nitrogen and oxygen atoms in total. The summed E-state index contributed by atoms with van der Waals surface area (Å²) < 4.78 is 74.3. The van der Waals surface area contributed by atoms with Gasteiger partial charge >= 0.3 is 12.1 Å². The summed E-state index contributed by atoms with van der Waals surface area (Å²) in [5.74, 6) is -5.38. The maximum atomic E-state index is 14.0. The van der Waals surface area contributed by atoms with Gasteiger partial charge in [-0.3, -0.25) is 4.79 Å². The van der Waals surface area contributed by atoms with E-state index >= 15 is 0 Å². The largest absolute Gasteiger partial charge is 0.471 e. The number of hydrogen-bond donors (Lipinski definition) is 1. The van der Waals surface area contributed by atoms with Gasteiger partial charge in [-0.1, -0.05) is 17.7 Å². The van der Waals surface area contributed by atoms with Gasteiger partial charge < -0.3 is 10.1 Å². The number of carbonyl (C=O) groups is 1. The SMILES string of the molecule is Cc1ccc(OCn2cc(NC(=O)c3cc4nc(C)cc(C(F)(F)C(F)(F)F)n4n3)cn2)c(C)c1. The van der Waals surface area contributed by atoms with Crippen molar-refractivity contribution < 1.29 is 31.5 Å². The molecule has 0 spiro atoms. The number of halogens is 5. The second-order valence-electron chi connectivity index (χ2n) is 7.92. The van der Waals surface area contributed by atoms with Crippen LogP contribution < -0.4 is 10.1 Å². The Morgan fingerprint density at radius 1 is 1.09 bits per heavy atom. The summed E-state index contributed by atoms with van der Waals surface area (Å²) in [6.45, 7) is 5.17. The highest BCUT2D eigenvalue weighted by Gasteiger charge is 2.60. The van der Waals surface area contributed by atoms with Crippen LogP contribution in [0.5, 0.6) is 5.75 Å². The predicted molar refractivity (Wildman–Crippen MR) is 114 cm³/mol. The third-order valence-electron chi connectivity index (χ3n) is 5.04. The van der Waals surface area contributed by atoms with Crippen LogP contribution in [0.25, 0.3) is 5.65 Å². The number of aryl methyl sites for hydroxylation is 3. The Hall–Kier alpha value is -4.03. The van der Waals surface area contributed by atoms with Gasteiger partial charge in [0, 0.05) is 11.8 Å². The summed E-state index contributed by atoms with van der Waals surface area (Å²) in [7, 11) is 0. The molecule has 0 fully saturated rings. The second-order valence-corrected chi connectivity index (χ2v) is 7.92. The van der Waals surface area contributed by atoms with E-state index in [-0.39, 0.29) is 23.8 Å². The molecule has 13 heteroatoms. The van der Waals surface area contributed by atoms with Crippen LogP contribution in [0.3, 0.4) is 0 Å². The topological polar surface area (TPSA) is 86.3 Å². The number of nitrogens with one attached hydrogen (secondary N) is 1. The lowest BCUT2D eigenvalue weighted by molar-refractivity contribution is -0.291. The number of benzene rings is 1. The second kappa shape index (κ2) is 8.64. The van der Waals surface area contributed by atoms with Gasteiger partial charge in [-0.2, -0.15) is 32.1 Å². The van der Waals surface area contributed by atoms with Crippen molar-refractivity contribution in [3.05, 3.63) is 70.9 Å². The summed E-state index contributed by atoms with van der Waals surface area (Å²) in [5, 5.41) is 10.2. The lowest BCUT2D eigenvalue weighted by atomic mass is 10.1. The van der Waals surface area contributed by atoms with Crippen LogP contribution in [0.15, 0.2) is 42.7 Å². The third-order valence-corrected chi connectivity index (χ3v) is 5.04. The van der Waals surface area contributed by atoms with E-state index in [1.54, 1.807) is 0 Å². The molecule has 0 aliphatic heterocycles. The molecule has 0 saturated carbocycles. The minimum Gasteiger partial charge on any atom is -0.471 e. The number of alkyl halides is 5. The summed E-state index contributed by atoms with van der Waals surface area (Å²) in [4.78, 5) is 16.5. The highest BCUT2D eigenvalue weighted by Crippen LogP contribution is 2.43.